The van der Waals surface area contributed by atoms with Gasteiger partial charge in [0.1, 0.15) is 6.61 Å². The molecule has 0 spiro atoms. The van der Waals surface area contributed by atoms with Crippen molar-refractivity contribution in [3.63, 3.8) is 0 Å². The third-order valence-corrected chi connectivity index (χ3v) is 3.52. The van der Waals surface area contributed by atoms with Crippen LogP contribution in [0.4, 0.5) is 4.79 Å². The number of amides is 1. The smallest absolute Gasteiger partial charge is 0.410 e. The standard InChI is InChI=1S/C15H22N2O2.ClH/c1-11-4-6-14(7-5-11)10-19-15(18)17-12(2)8-16-9-13(17)3;/h4-7,12-13,16H,8-10H2,1-3H3;1H. The molecule has 1 N–H and O–H groups in total. The van der Waals surface area contributed by atoms with Gasteiger partial charge in [-0.25, -0.2) is 4.79 Å². The number of halogens is 1. The van der Waals surface area contributed by atoms with Gasteiger partial charge in [-0.1, -0.05) is 29.8 Å². The largest absolute Gasteiger partial charge is 0.445 e. The summed E-state index contributed by atoms with van der Waals surface area (Å²) in [7, 11) is 0. The Bertz CT molecular complexity index is 426. The lowest BCUT2D eigenvalue weighted by Crippen LogP contribution is -2.57. The molecule has 0 radical (unpaired) electrons. The van der Waals surface area contributed by atoms with E-state index in [2.05, 4.69) is 5.32 Å². The SMILES string of the molecule is Cc1ccc(COC(=O)N2C(C)CNCC2C)cc1.Cl. The van der Waals surface area contributed by atoms with Crippen molar-refractivity contribution in [3.8, 4) is 0 Å². The molecule has 1 amide bonds. The number of piperazine rings is 1. The van der Waals surface area contributed by atoms with Gasteiger partial charge in [-0.15, -0.1) is 12.4 Å². The van der Waals surface area contributed by atoms with E-state index in [-0.39, 0.29) is 30.6 Å². The molecule has 112 valence electrons. The maximum absolute atomic E-state index is 12.1. The van der Waals surface area contributed by atoms with E-state index >= 15 is 0 Å². The highest BCUT2D eigenvalue weighted by Gasteiger charge is 2.29. The number of carbonyl (C=O) groups is 1. The number of ether oxygens (including phenoxy) is 1. The zero-order valence-corrected chi connectivity index (χ0v) is 13.1. The summed E-state index contributed by atoms with van der Waals surface area (Å²) in [6.07, 6.45) is -0.220. The normalized spacial score (nSPS) is 22.1. The molecule has 1 aromatic rings. The summed E-state index contributed by atoms with van der Waals surface area (Å²) in [4.78, 5) is 14.0. The molecule has 2 rings (SSSR count). The number of carbonyl (C=O) groups excluding carboxylic acids is 1. The van der Waals surface area contributed by atoms with Gasteiger partial charge in [0.25, 0.3) is 0 Å². The minimum absolute atomic E-state index is 0. The topological polar surface area (TPSA) is 41.6 Å². The van der Waals surface area contributed by atoms with Crippen LogP contribution in [0.2, 0.25) is 0 Å². The number of hydrogen-bond donors (Lipinski definition) is 1. The molecule has 1 saturated heterocycles. The van der Waals surface area contributed by atoms with Gasteiger partial charge in [0.05, 0.1) is 0 Å². The highest BCUT2D eigenvalue weighted by Crippen LogP contribution is 2.13. The maximum Gasteiger partial charge on any atom is 0.410 e. The molecule has 0 saturated carbocycles. The Morgan fingerprint density at radius 3 is 2.35 bits per heavy atom. The van der Waals surface area contributed by atoms with E-state index in [0.717, 1.165) is 18.7 Å². The summed E-state index contributed by atoms with van der Waals surface area (Å²) in [5.74, 6) is 0. The van der Waals surface area contributed by atoms with Gasteiger partial charge in [0.2, 0.25) is 0 Å². The van der Waals surface area contributed by atoms with E-state index in [9.17, 15) is 4.79 Å². The molecular formula is C15H23ClN2O2. The van der Waals surface area contributed by atoms with Crippen LogP contribution in [0.1, 0.15) is 25.0 Å². The molecule has 0 bridgehead atoms. The Morgan fingerprint density at radius 2 is 1.80 bits per heavy atom. The molecule has 2 unspecified atom stereocenters. The highest BCUT2D eigenvalue weighted by atomic mass is 35.5. The fourth-order valence-corrected chi connectivity index (χ4v) is 2.40. The first-order chi connectivity index (χ1) is 9.08. The van der Waals surface area contributed by atoms with Gasteiger partial charge in [0, 0.05) is 25.2 Å². The predicted molar refractivity (Wildman–Crippen MR) is 82.2 cm³/mol. The van der Waals surface area contributed by atoms with E-state index in [1.165, 1.54) is 5.56 Å². The van der Waals surface area contributed by atoms with Crippen molar-refractivity contribution in [2.45, 2.75) is 39.5 Å². The lowest BCUT2D eigenvalue weighted by molar-refractivity contribution is 0.0564. The van der Waals surface area contributed by atoms with Crippen LogP contribution in [0.15, 0.2) is 24.3 Å². The second-order valence-electron chi connectivity index (χ2n) is 5.30. The van der Waals surface area contributed by atoms with Crippen LogP contribution in [0.3, 0.4) is 0 Å². The second kappa shape index (κ2) is 7.50. The number of hydrogen-bond acceptors (Lipinski definition) is 3. The van der Waals surface area contributed by atoms with Crippen molar-refractivity contribution in [2.75, 3.05) is 13.1 Å². The lowest BCUT2D eigenvalue weighted by atomic mass is 10.1. The van der Waals surface area contributed by atoms with E-state index in [1.54, 1.807) is 0 Å². The number of nitrogens with zero attached hydrogens (tertiary/aromatic N) is 1. The molecule has 1 aliphatic heterocycles. The van der Waals surface area contributed by atoms with Crippen molar-refractivity contribution < 1.29 is 9.53 Å². The number of rotatable bonds is 2. The van der Waals surface area contributed by atoms with E-state index < -0.39 is 0 Å². The van der Waals surface area contributed by atoms with E-state index in [4.69, 9.17) is 4.74 Å². The van der Waals surface area contributed by atoms with Crippen LogP contribution >= 0.6 is 12.4 Å². The van der Waals surface area contributed by atoms with E-state index in [0.29, 0.717) is 6.61 Å². The number of aryl methyl sites for hydroxylation is 1. The Labute approximate surface area is 126 Å². The van der Waals surface area contributed by atoms with Gasteiger partial charge in [0.15, 0.2) is 0 Å². The minimum Gasteiger partial charge on any atom is -0.445 e. The quantitative estimate of drug-likeness (QED) is 0.913. The zero-order chi connectivity index (χ0) is 13.8. The van der Waals surface area contributed by atoms with Gasteiger partial charge < -0.3 is 15.0 Å². The van der Waals surface area contributed by atoms with Gasteiger partial charge in [-0.05, 0) is 26.3 Å². The molecule has 1 aliphatic rings. The summed E-state index contributed by atoms with van der Waals surface area (Å²) >= 11 is 0. The van der Waals surface area contributed by atoms with Crippen molar-refractivity contribution >= 4 is 18.5 Å². The van der Waals surface area contributed by atoms with Crippen LogP contribution in [0, 0.1) is 6.92 Å². The van der Waals surface area contributed by atoms with Crippen LogP contribution in [-0.2, 0) is 11.3 Å². The van der Waals surface area contributed by atoms with Crippen molar-refractivity contribution in [1.29, 1.82) is 0 Å². The number of benzene rings is 1. The van der Waals surface area contributed by atoms with Crippen molar-refractivity contribution in [1.82, 2.24) is 10.2 Å². The molecular weight excluding hydrogens is 276 g/mol. The molecule has 0 aromatic heterocycles. The molecule has 20 heavy (non-hydrogen) atoms. The van der Waals surface area contributed by atoms with Crippen LogP contribution in [0.25, 0.3) is 0 Å². The highest BCUT2D eigenvalue weighted by molar-refractivity contribution is 5.85. The molecule has 2 atom stereocenters. The zero-order valence-electron chi connectivity index (χ0n) is 12.3. The first-order valence-electron chi connectivity index (χ1n) is 6.79. The van der Waals surface area contributed by atoms with Gasteiger partial charge in [-0.3, -0.25) is 0 Å². The fourth-order valence-electron chi connectivity index (χ4n) is 2.40. The van der Waals surface area contributed by atoms with Crippen LogP contribution in [0.5, 0.6) is 0 Å². The van der Waals surface area contributed by atoms with Crippen LogP contribution in [-0.4, -0.2) is 36.2 Å². The Morgan fingerprint density at radius 1 is 1.25 bits per heavy atom. The average molecular weight is 299 g/mol. The summed E-state index contributed by atoms with van der Waals surface area (Å²) < 4.78 is 5.41. The number of nitrogens with one attached hydrogen (secondary N) is 1. The molecule has 0 aliphatic carbocycles. The van der Waals surface area contributed by atoms with Gasteiger partial charge >= 0.3 is 6.09 Å². The third-order valence-electron chi connectivity index (χ3n) is 3.52. The van der Waals surface area contributed by atoms with Crippen molar-refractivity contribution in [3.05, 3.63) is 35.4 Å². The first-order valence-corrected chi connectivity index (χ1v) is 6.79. The van der Waals surface area contributed by atoms with Crippen molar-refractivity contribution in [2.24, 2.45) is 0 Å². The minimum atomic E-state index is -0.220. The molecule has 4 nitrogen and oxygen atoms in total. The van der Waals surface area contributed by atoms with Gasteiger partial charge in [-0.2, -0.15) is 0 Å². The Kier molecular flexibility index (Phi) is 6.30. The lowest BCUT2D eigenvalue weighted by Gasteiger charge is -2.38. The molecule has 1 heterocycles. The first kappa shape index (κ1) is 16.8. The Balaban J connectivity index is 0.00000200. The predicted octanol–water partition coefficient (Wildman–Crippen LogP) is 2.74. The second-order valence-corrected chi connectivity index (χ2v) is 5.30. The molecule has 1 aromatic carbocycles. The molecule has 5 heteroatoms. The van der Waals surface area contributed by atoms with Crippen LogP contribution < -0.4 is 5.32 Å². The Hall–Kier alpha value is -1.26. The molecule has 1 fully saturated rings. The summed E-state index contributed by atoms with van der Waals surface area (Å²) in [5.41, 5.74) is 2.23. The fraction of sp³-hybridized carbons (Fsp3) is 0.533. The van der Waals surface area contributed by atoms with E-state index in [1.807, 2.05) is 49.9 Å². The average Bonchev–Trinajstić information content (AvgIpc) is 2.38. The maximum atomic E-state index is 12.1. The summed E-state index contributed by atoms with van der Waals surface area (Å²) in [6.45, 7) is 8.10. The summed E-state index contributed by atoms with van der Waals surface area (Å²) in [5, 5.41) is 3.30. The summed E-state index contributed by atoms with van der Waals surface area (Å²) in [6, 6.07) is 8.39. The third kappa shape index (κ3) is 4.12. The monoisotopic (exact) mass is 298 g/mol.